The Hall–Kier alpha value is -0.650. The first-order chi connectivity index (χ1) is 9.36. The Labute approximate surface area is 119 Å². The Bertz CT molecular complexity index is 400. The highest BCUT2D eigenvalue weighted by atomic mass is 32.1. The zero-order valence-electron chi connectivity index (χ0n) is 11.8. The summed E-state index contributed by atoms with van der Waals surface area (Å²) in [5, 5.41) is 4.58. The molecule has 0 spiro atoms. The molecule has 106 valence electrons. The van der Waals surface area contributed by atoms with Crippen molar-refractivity contribution in [2.45, 2.75) is 38.8 Å². The van der Waals surface area contributed by atoms with Crippen molar-refractivity contribution in [3.63, 3.8) is 0 Å². The van der Waals surface area contributed by atoms with E-state index in [4.69, 9.17) is 0 Å². The van der Waals surface area contributed by atoms with Crippen molar-refractivity contribution in [1.82, 2.24) is 15.2 Å². The van der Waals surface area contributed by atoms with Crippen molar-refractivity contribution in [3.05, 3.63) is 11.1 Å². The predicted molar refractivity (Wildman–Crippen MR) is 80.9 cm³/mol. The summed E-state index contributed by atoms with van der Waals surface area (Å²) in [5.74, 6) is 0. The summed E-state index contributed by atoms with van der Waals surface area (Å²) >= 11 is 1.85. The van der Waals surface area contributed by atoms with E-state index in [1.54, 1.807) is 0 Å². The van der Waals surface area contributed by atoms with Crippen molar-refractivity contribution in [3.8, 4) is 0 Å². The van der Waals surface area contributed by atoms with Crippen molar-refractivity contribution < 1.29 is 0 Å². The van der Waals surface area contributed by atoms with Gasteiger partial charge in [0.1, 0.15) is 0 Å². The van der Waals surface area contributed by atoms with Gasteiger partial charge in [0, 0.05) is 36.8 Å². The molecule has 1 atom stereocenters. The maximum absolute atomic E-state index is 4.60. The molecule has 3 heterocycles. The fourth-order valence-corrected chi connectivity index (χ4v) is 4.01. The maximum atomic E-state index is 4.60. The van der Waals surface area contributed by atoms with E-state index in [0.717, 1.165) is 19.1 Å². The average molecular weight is 280 g/mol. The molecule has 4 nitrogen and oxygen atoms in total. The SMILES string of the molecule is CCNCc1cnc(N2CCC(N3CCCC3)C2)s1. The standard InChI is InChI=1S/C14H24N4S/c1-2-15-9-13-10-16-14(19-13)18-8-5-12(11-18)17-6-3-4-7-17/h10,12,15H,2-9,11H2,1H3. The lowest BCUT2D eigenvalue weighted by molar-refractivity contribution is 0.260. The van der Waals surface area contributed by atoms with Gasteiger partial charge < -0.3 is 10.2 Å². The molecular formula is C14H24N4S. The topological polar surface area (TPSA) is 31.4 Å². The molecule has 1 unspecified atom stereocenters. The molecule has 0 saturated carbocycles. The van der Waals surface area contributed by atoms with E-state index in [0.29, 0.717) is 0 Å². The third-order valence-corrected chi connectivity index (χ3v) is 5.24. The van der Waals surface area contributed by atoms with Crippen LogP contribution in [0.4, 0.5) is 5.13 Å². The molecule has 0 aliphatic carbocycles. The van der Waals surface area contributed by atoms with E-state index in [9.17, 15) is 0 Å². The summed E-state index contributed by atoms with van der Waals surface area (Å²) < 4.78 is 0. The van der Waals surface area contributed by atoms with Gasteiger partial charge in [-0.15, -0.1) is 11.3 Å². The van der Waals surface area contributed by atoms with Crippen LogP contribution in [0, 0.1) is 0 Å². The lowest BCUT2D eigenvalue weighted by atomic mass is 10.2. The Balaban J connectivity index is 1.56. The molecule has 5 heteroatoms. The third-order valence-electron chi connectivity index (χ3n) is 4.18. The summed E-state index contributed by atoms with van der Waals surface area (Å²) in [6.45, 7) is 9.09. The Morgan fingerprint density at radius 3 is 3.00 bits per heavy atom. The fourth-order valence-electron chi connectivity index (χ4n) is 3.09. The Kier molecular flexibility index (Phi) is 4.35. The van der Waals surface area contributed by atoms with Crippen LogP contribution in [0.2, 0.25) is 0 Å². The van der Waals surface area contributed by atoms with Gasteiger partial charge in [-0.2, -0.15) is 0 Å². The highest BCUT2D eigenvalue weighted by Crippen LogP contribution is 2.28. The maximum Gasteiger partial charge on any atom is 0.185 e. The molecule has 2 aliphatic rings. The molecular weight excluding hydrogens is 256 g/mol. The summed E-state index contributed by atoms with van der Waals surface area (Å²) in [6.07, 6.45) is 6.12. The van der Waals surface area contributed by atoms with Gasteiger partial charge in [0.15, 0.2) is 5.13 Å². The van der Waals surface area contributed by atoms with Gasteiger partial charge in [-0.3, -0.25) is 4.90 Å². The summed E-state index contributed by atoms with van der Waals surface area (Å²) in [7, 11) is 0. The largest absolute Gasteiger partial charge is 0.346 e. The normalized spacial score (nSPS) is 24.5. The minimum atomic E-state index is 0.767. The number of rotatable bonds is 5. The summed E-state index contributed by atoms with van der Waals surface area (Å²) in [5.41, 5.74) is 0. The van der Waals surface area contributed by atoms with E-state index in [2.05, 4.69) is 27.0 Å². The Morgan fingerprint density at radius 1 is 1.37 bits per heavy atom. The number of anilines is 1. The van der Waals surface area contributed by atoms with Gasteiger partial charge in [0.05, 0.1) is 0 Å². The van der Waals surface area contributed by atoms with Gasteiger partial charge in [0.25, 0.3) is 0 Å². The third kappa shape index (κ3) is 3.09. The molecule has 2 aliphatic heterocycles. The molecule has 0 bridgehead atoms. The van der Waals surface area contributed by atoms with Crippen molar-refractivity contribution in [2.24, 2.45) is 0 Å². The first-order valence-corrected chi connectivity index (χ1v) is 8.33. The fraction of sp³-hybridized carbons (Fsp3) is 0.786. The molecule has 0 radical (unpaired) electrons. The number of likely N-dealkylation sites (tertiary alicyclic amines) is 1. The number of aromatic nitrogens is 1. The van der Waals surface area contributed by atoms with Crippen LogP contribution < -0.4 is 10.2 Å². The Morgan fingerprint density at radius 2 is 2.21 bits per heavy atom. The van der Waals surface area contributed by atoms with Crippen molar-refractivity contribution in [1.29, 1.82) is 0 Å². The average Bonchev–Trinajstić information content (AvgIpc) is 3.14. The summed E-state index contributed by atoms with van der Waals surface area (Å²) in [4.78, 5) is 11.1. The highest BCUT2D eigenvalue weighted by Gasteiger charge is 2.30. The quantitative estimate of drug-likeness (QED) is 0.893. The first kappa shape index (κ1) is 13.3. The van der Waals surface area contributed by atoms with E-state index < -0.39 is 0 Å². The zero-order valence-corrected chi connectivity index (χ0v) is 12.6. The molecule has 19 heavy (non-hydrogen) atoms. The number of hydrogen-bond acceptors (Lipinski definition) is 5. The van der Waals surface area contributed by atoms with Gasteiger partial charge in [-0.1, -0.05) is 6.92 Å². The van der Waals surface area contributed by atoms with Gasteiger partial charge in [0.2, 0.25) is 0 Å². The second kappa shape index (κ2) is 6.20. The van der Waals surface area contributed by atoms with Crippen LogP contribution in [0.1, 0.15) is 31.1 Å². The van der Waals surface area contributed by atoms with E-state index in [1.165, 1.54) is 55.5 Å². The summed E-state index contributed by atoms with van der Waals surface area (Å²) in [6, 6.07) is 0.767. The monoisotopic (exact) mass is 280 g/mol. The lowest BCUT2D eigenvalue weighted by Gasteiger charge is -2.23. The zero-order chi connectivity index (χ0) is 13.1. The second-order valence-electron chi connectivity index (χ2n) is 5.52. The van der Waals surface area contributed by atoms with Crippen molar-refractivity contribution in [2.75, 3.05) is 37.6 Å². The molecule has 0 aromatic carbocycles. The van der Waals surface area contributed by atoms with Crippen LogP contribution in [0.5, 0.6) is 0 Å². The molecule has 1 aromatic rings. The molecule has 0 amide bonds. The van der Waals surface area contributed by atoms with Gasteiger partial charge in [-0.25, -0.2) is 4.98 Å². The van der Waals surface area contributed by atoms with Crippen LogP contribution >= 0.6 is 11.3 Å². The van der Waals surface area contributed by atoms with E-state index in [1.807, 2.05) is 17.5 Å². The van der Waals surface area contributed by atoms with Crippen LogP contribution in [-0.4, -0.2) is 48.6 Å². The second-order valence-corrected chi connectivity index (χ2v) is 6.61. The molecule has 2 saturated heterocycles. The highest BCUT2D eigenvalue weighted by molar-refractivity contribution is 7.15. The lowest BCUT2D eigenvalue weighted by Crippen LogP contribution is -2.35. The molecule has 1 aromatic heterocycles. The van der Waals surface area contributed by atoms with Crippen molar-refractivity contribution >= 4 is 16.5 Å². The minimum Gasteiger partial charge on any atom is -0.346 e. The molecule has 1 N–H and O–H groups in total. The number of thiazole rings is 1. The minimum absolute atomic E-state index is 0.767. The van der Waals surface area contributed by atoms with Gasteiger partial charge in [-0.05, 0) is 38.9 Å². The van der Waals surface area contributed by atoms with E-state index in [-0.39, 0.29) is 0 Å². The molecule has 2 fully saturated rings. The van der Waals surface area contributed by atoms with Crippen LogP contribution in [0.3, 0.4) is 0 Å². The van der Waals surface area contributed by atoms with E-state index >= 15 is 0 Å². The van der Waals surface area contributed by atoms with Crippen LogP contribution in [0.15, 0.2) is 6.20 Å². The first-order valence-electron chi connectivity index (χ1n) is 7.51. The smallest absolute Gasteiger partial charge is 0.185 e. The number of nitrogens with one attached hydrogen (secondary N) is 1. The predicted octanol–water partition coefficient (Wildman–Crippen LogP) is 1.93. The van der Waals surface area contributed by atoms with Crippen LogP contribution in [-0.2, 0) is 6.54 Å². The molecule has 3 rings (SSSR count). The van der Waals surface area contributed by atoms with Crippen LogP contribution in [0.25, 0.3) is 0 Å². The van der Waals surface area contributed by atoms with Gasteiger partial charge >= 0.3 is 0 Å². The number of hydrogen-bond donors (Lipinski definition) is 1. The number of nitrogens with zero attached hydrogens (tertiary/aromatic N) is 3.